The Labute approximate surface area is 197 Å². The molecule has 166 valence electrons. The maximum atomic E-state index is 13.5. The Morgan fingerprint density at radius 3 is 2.62 bits per heavy atom. The van der Waals surface area contributed by atoms with Gasteiger partial charge in [-0.15, -0.1) is 0 Å². The maximum absolute atomic E-state index is 13.5. The van der Waals surface area contributed by atoms with Crippen molar-refractivity contribution >= 4 is 62.7 Å². The highest BCUT2D eigenvalue weighted by molar-refractivity contribution is 6.46. The lowest BCUT2D eigenvalue weighted by atomic mass is 9.97. The summed E-state index contributed by atoms with van der Waals surface area (Å²) in [6.45, 7) is 0. The molecule has 4 aromatic rings. The predicted molar refractivity (Wildman–Crippen MR) is 128 cm³/mol. The number of rotatable bonds is 2. The van der Waals surface area contributed by atoms with Gasteiger partial charge in [0.15, 0.2) is 0 Å². The van der Waals surface area contributed by atoms with Gasteiger partial charge >= 0.3 is 0 Å². The maximum Gasteiger partial charge on any atom is 0.264 e. The number of aromatic nitrogens is 5. The smallest absolute Gasteiger partial charge is 0.264 e. The fourth-order valence-electron chi connectivity index (χ4n) is 5.39. The molecule has 0 unspecified atom stereocenters. The van der Waals surface area contributed by atoms with Crippen molar-refractivity contribution in [1.29, 1.82) is 0 Å². The van der Waals surface area contributed by atoms with E-state index in [-0.39, 0.29) is 17.6 Å². The molecule has 6 rings (SSSR count). The van der Waals surface area contributed by atoms with Crippen molar-refractivity contribution in [3.8, 4) is 11.1 Å². The van der Waals surface area contributed by atoms with E-state index in [0.29, 0.717) is 60.3 Å². The van der Waals surface area contributed by atoms with E-state index >= 15 is 0 Å². The fraction of sp³-hybridized carbons (Fsp3) is 0.381. The SMILES string of the molecule is Cn1nc2c(Cl)cc(-c3c[nH]c4nc(N5[C@H]6CC[C@@H]5[C@@H](N)C6)n(C)c(=O)c34)c(Cl)c2c1Cl. The van der Waals surface area contributed by atoms with Crippen LogP contribution in [0.15, 0.2) is 17.1 Å². The molecule has 8 nitrogen and oxygen atoms in total. The number of H-pyrrole nitrogens is 1. The van der Waals surface area contributed by atoms with Crippen LogP contribution in [0.5, 0.6) is 0 Å². The lowest BCUT2D eigenvalue weighted by molar-refractivity contribution is 0.503. The van der Waals surface area contributed by atoms with E-state index in [1.807, 2.05) is 0 Å². The van der Waals surface area contributed by atoms with Crippen LogP contribution in [0, 0.1) is 0 Å². The first-order chi connectivity index (χ1) is 15.3. The zero-order valence-corrected chi connectivity index (χ0v) is 19.6. The quantitative estimate of drug-likeness (QED) is 0.443. The van der Waals surface area contributed by atoms with Gasteiger partial charge in [0, 0.05) is 49.5 Å². The van der Waals surface area contributed by atoms with E-state index in [0.717, 1.165) is 19.3 Å². The number of benzene rings is 1. The summed E-state index contributed by atoms with van der Waals surface area (Å²) in [5, 5.41) is 6.51. The van der Waals surface area contributed by atoms with Crippen molar-refractivity contribution in [3.63, 3.8) is 0 Å². The van der Waals surface area contributed by atoms with E-state index in [2.05, 4.69) is 15.0 Å². The number of nitrogens with one attached hydrogen (secondary N) is 1. The van der Waals surface area contributed by atoms with E-state index in [1.165, 1.54) is 4.68 Å². The second-order valence-electron chi connectivity index (χ2n) is 8.67. The molecule has 3 aromatic heterocycles. The molecule has 2 saturated heterocycles. The molecule has 0 radical (unpaired) electrons. The predicted octanol–water partition coefficient (Wildman–Crippen LogP) is 3.84. The molecular weight excluding hydrogens is 473 g/mol. The Bertz CT molecular complexity index is 1490. The van der Waals surface area contributed by atoms with Gasteiger partial charge in [-0.1, -0.05) is 34.8 Å². The van der Waals surface area contributed by atoms with E-state index in [4.69, 9.17) is 45.5 Å². The first kappa shape index (κ1) is 20.4. The van der Waals surface area contributed by atoms with Crippen LogP contribution in [0.4, 0.5) is 5.95 Å². The number of aryl methyl sites for hydroxylation is 1. The van der Waals surface area contributed by atoms with Gasteiger partial charge in [0.1, 0.15) is 16.3 Å². The normalized spacial score (nSPS) is 22.7. The number of anilines is 1. The van der Waals surface area contributed by atoms with Gasteiger partial charge < -0.3 is 15.6 Å². The van der Waals surface area contributed by atoms with Crippen molar-refractivity contribution in [3.05, 3.63) is 37.8 Å². The van der Waals surface area contributed by atoms with Crippen LogP contribution in [-0.2, 0) is 14.1 Å². The second kappa shape index (κ2) is 6.87. The summed E-state index contributed by atoms with van der Waals surface area (Å²) in [5.41, 5.74) is 8.38. The Morgan fingerprint density at radius 1 is 1.16 bits per heavy atom. The molecule has 0 amide bonds. The van der Waals surface area contributed by atoms with Crippen molar-refractivity contribution in [2.45, 2.75) is 37.4 Å². The van der Waals surface area contributed by atoms with Gasteiger partial charge in [0.05, 0.1) is 20.8 Å². The van der Waals surface area contributed by atoms with Crippen LogP contribution in [0.1, 0.15) is 19.3 Å². The fourth-order valence-corrected chi connectivity index (χ4v) is 6.24. The van der Waals surface area contributed by atoms with Crippen LogP contribution in [0.25, 0.3) is 33.1 Å². The largest absolute Gasteiger partial charge is 0.345 e. The highest BCUT2D eigenvalue weighted by atomic mass is 35.5. The van der Waals surface area contributed by atoms with Crippen molar-refractivity contribution in [2.24, 2.45) is 19.8 Å². The third-order valence-corrected chi connectivity index (χ3v) is 8.04. The van der Waals surface area contributed by atoms with Crippen molar-refractivity contribution in [1.82, 2.24) is 24.3 Å². The van der Waals surface area contributed by atoms with Crippen LogP contribution in [-0.4, -0.2) is 42.4 Å². The molecule has 3 atom stereocenters. The van der Waals surface area contributed by atoms with Crippen molar-refractivity contribution < 1.29 is 0 Å². The number of halogens is 3. The molecule has 0 saturated carbocycles. The van der Waals surface area contributed by atoms with Gasteiger partial charge in [-0.25, -0.2) is 0 Å². The number of nitrogens with two attached hydrogens (primary N) is 1. The molecule has 2 bridgehead atoms. The Balaban J connectivity index is 1.57. The highest BCUT2D eigenvalue weighted by Gasteiger charge is 2.46. The number of nitrogens with zero attached hydrogens (tertiary/aromatic N) is 5. The van der Waals surface area contributed by atoms with E-state index in [9.17, 15) is 4.79 Å². The summed E-state index contributed by atoms with van der Waals surface area (Å²) in [4.78, 5) is 23.7. The number of hydrogen-bond donors (Lipinski definition) is 2. The van der Waals surface area contributed by atoms with Crippen LogP contribution >= 0.6 is 34.8 Å². The lowest BCUT2D eigenvalue weighted by Crippen LogP contribution is -2.40. The number of fused-ring (bicyclic) bond motifs is 4. The van der Waals surface area contributed by atoms with Gasteiger partial charge in [0.25, 0.3) is 5.56 Å². The summed E-state index contributed by atoms with van der Waals surface area (Å²) in [5.74, 6) is 0.645. The molecule has 2 fully saturated rings. The number of aromatic amines is 1. The Kier molecular flexibility index (Phi) is 4.37. The van der Waals surface area contributed by atoms with E-state index in [1.54, 1.807) is 30.9 Å². The van der Waals surface area contributed by atoms with E-state index < -0.39 is 0 Å². The molecule has 2 aliphatic rings. The van der Waals surface area contributed by atoms with Crippen molar-refractivity contribution in [2.75, 3.05) is 4.90 Å². The third-order valence-electron chi connectivity index (χ3n) is 6.93. The van der Waals surface area contributed by atoms with Gasteiger partial charge in [-0.05, 0) is 25.3 Å². The molecule has 0 spiro atoms. The minimum absolute atomic E-state index is 0.109. The third kappa shape index (κ3) is 2.58. The standard InChI is InChI=1S/C21H20Cl3N7O/c1-29-20(32)14-10(9-6-11(22)17-15(16(9)23)18(24)30(2)28-17)7-26-19(14)27-21(29)31-8-3-4-13(31)12(25)5-8/h6-8,12-13,26H,3-5,25H2,1-2H3/t8-,12-,13+/m0/s1. The summed E-state index contributed by atoms with van der Waals surface area (Å²) in [6, 6.07) is 2.36. The minimum atomic E-state index is -0.161. The van der Waals surface area contributed by atoms with Gasteiger partial charge in [-0.3, -0.25) is 14.0 Å². The first-order valence-corrected chi connectivity index (χ1v) is 11.5. The lowest BCUT2D eigenvalue weighted by Gasteiger charge is -2.25. The summed E-state index contributed by atoms with van der Waals surface area (Å²) < 4.78 is 3.12. The zero-order valence-electron chi connectivity index (χ0n) is 17.4. The molecular formula is C21H20Cl3N7O. The van der Waals surface area contributed by atoms with Crippen LogP contribution in [0.2, 0.25) is 15.2 Å². The summed E-state index contributed by atoms with van der Waals surface area (Å²) in [6.07, 6.45) is 4.76. The minimum Gasteiger partial charge on any atom is -0.345 e. The second-order valence-corrected chi connectivity index (χ2v) is 9.81. The Hall–Kier alpha value is -2.26. The van der Waals surface area contributed by atoms with Gasteiger partial charge in [0.2, 0.25) is 5.95 Å². The summed E-state index contributed by atoms with van der Waals surface area (Å²) in [7, 11) is 3.47. The first-order valence-electron chi connectivity index (χ1n) is 10.4. The van der Waals surface area contributed by atoms with Crippen LogP contribution in [0.3, 0.4) is 0 Å². The molecule has 5 heterocycles. The molecule has 32 heavy (non-hydrogen) atoms. The topological polar surface area (TPSA) is 97.8 Å². The Morgan fingerprint density at radius 2 is 1.94 bits per heavy atom. The summed E-state index contributed by atoms with van der Waals surface area (Å²) >= 11 is 19.7. The molecule has 2 aliphatic heterocycles. The number of hydrogen-bond acceptors (Lipinski definition) is 5. The average molecular weight is 493 g/mol. The van der Waals surface area contributed by atoms with Crippen LogP contribution < -0.4 is 16.2 Å². The zero-order chi connectivity index (χ0) is 22.5. The van der Waals surface area contributed by atoms with Gasteiger partial charge in [-0.2, -0.15) is 10.1 Å². The molecule has 3 N–H and O–H groups in total. The monoisotopic (exact) mass is 491 g/mol. The molecule has 11 heteroatoms. The molecule has 0 aliphatic carbocycles. The molecule has 1 aromatic carbocycles. The average Bonchev–Trinajstić information content (AvgIpc) is 3.50. The highest BCUT2D eigenvalue weighted by Crippen LogP contribution is 2.43.